The standard InChI is InChI=1S/C17H21N3O/c1-11-10-12(8-9-18-11)15-16(19-20-17(15,2)3)13-6-4-5-7-14(13)21/h4-11,18-21H,1-3H3. The van der Waals surface area contributed by atoms with Crippen molar-refractivity contribution in [1.82, 2.24) is 16.2 Å². The van der Waals surface area contributed by atoms with Gasteiger partial charge in [-0.1, -0.05) is 18.2 Å². The van der Waals surface area contributed by atoms with Crippen LogP contribution in [0.15, 0.2) is 53.8 Å². The number of benzene rings is 1. The van der Waals surface area contributed by atoms with Crippen molar-refractivity contribution in [2.24, 2.45) is 0 Å². The highest BCUT2D eigenvalue weighted by molar-refractivity contribution is 5.79. The van der Waals surface area contributed by atoms with Crippen molar-refractivity contribution in [3.8, 4) is 5.75 Å². The zero-order chi connectivity index (χ0) is 15.0. The van der Waals surface area contributed by atoms with Gasteiger partial charge in [0, 0.05) is 17.2 Å². The normalized spacial score (nSPS) is 23.6. The summed E-state index contributed by atoms with van der Waals surface area (Å²) >= 11 is 0. The van der Waals surface area contributed by atoms with Crippen LogP contribution in [0.2, 0.25) is 0 Å². The van der Waals surface area contributed by atoms with E-state index in [9.17, 15) is 5.11 Å². The number of nitrogens with one attached hydrogen (secondary N) is 3. The predicted molar refractivity (Wildman–Crippen MR) is 85.2 cm³/mol. The van der Waals surface area contributed by atoms with Gasteiger partial charge < -0.3 is 15.8 Å². The first-order chi connectivity index (χ1) is 9.99. The van der Waals surface area contributed by atoms with E-state index < -0.39 is 0 Å². The molecule has 110 valence electrons. The Morgan fingerprint density at radius 2 is 1.95 bits per heavy atom. The van der Waals surface area contributed by atoms with Crippen LogP contribution in [0.3, 0.4) is 0 Å². The Bertz CT molecular complexity index is 656. The van der Waals surface area contributed by atoms with Gasteiger partial charge >= 0.3 is 0 Å². The van der Waals surface area contributed by atoms with E-state index in [4.69, 9.17) is 0 Å². The van der Waals surface area contributed by atoms with Gasteiger partial charge in [-0.2, -0.15) is 0 Å². The molecule has 3 rings (SSSR count). The molecule has 0 fully saturated rings. The van der Waals surface area contributed by atoms with Gasteiger partial charge in [0.05, 0.1) is 11.2 Å². The lowest BCUT2D eigenvalue weighted by molar-refractivity contribution is 0.459. The van der Waals surface area contributed by atoms with E-state index in [2.05, 4.69) is 49.1 Å². The summed E-state index contributed by atoms with van der Waals surface area (Å²) in [6.45, 7) is 6.37. The molecular formula is C17H21N3O. The molecule has 0 saturated heterocycles. The smallest absolute Gasteiger partial charge is 0.124 e. The average molecular weight is 283 g/mol. The summed E-state index contributed by atoms with van der Waals surface area (Å²) in [6, 6.07) is 7.69. The fourth-order valence-corrected chi connectivity index (χ4v) is 2.88. The number of para-hydroxylation sites is 1. The predicted octanol–water partition coefficient (Wildman–Crippen LogP) is 2.42. The van der Waals surface area contributed by atoms with Crippen molar-refractivity contribution < 1.29 is 5.11 Å². The number of allylic oxidation sites excluding steroid dienone is 1. The largest absolute Gasteiger partial charge is 0.507 e. The molecule has 0 bridgehead atoms. The van der Waals surface area contributed by atoms with Gasteiger partial charge in [-0.25, -0.2) is 5.43 Å². The topological polar surface area (TPSA) is 56.3 Å². The van der Waals surface area contributed by atoms with Crippen LogP contribution < -0.4 is 16.2 Å². The Labute approximate surface area is 125 Å². The van der Waals surface area contributed by atoms with Gasteiger partial charge in [0.2, 0.25) is 0 Å². The molecule has 0 aliphatic carbocycles. The number of phenolic OH excluding ortho intramolecular Hbond substituents is 1. The number of aromatic hydroxyl groups is 1. The molecule has 0 aromatic heterocycles. The number of dihydropyridines is 1. The van der Waals surface area contributed by atoms with Crippen LogP contribution in [-0.4, -0.2) is 16.7 Å². The van der Waals surface area contributed by atoms with Crippen molar-refractivity contribution >= 4 is 5.70 Å². The maximum Gasteiger partial charge on any atom is 0.124 e. The monoisotopic (exact) mass is 283 g/mol. The van der Waals surface area contributed by atoms with Crippen LogP contribution in [0.5, 0.6) is 5.75 Å². The molecule has 1 atom stereocenters. The van der Waals surface area contributed by atoms with Gasteiger partial charge in [0.15, 0.2) is 0 Å². The van der Waals surface area contributed by atoms with Crippen molar-refractivity contribution in [3.63, 3.8) is 0 Å². The summed E-state index contributed by atoms with van der Waals surface area (Å²) in [5.41, 5.74) is 10.4. The van der Waals surface area contributed by atoms with Crippen molar-refractivity contribution in [2.75, 3.05) is 0 Å². The molecule has 0 saturated carbocycles. The molecule has 0 amide bonds. The lowest BCUT2D eigenvalue weighted by atomic mass is 9.85. The number of rotatable bonds is 2. The number of hydrogen-bond acceptors (Lipinski definition) is 4. The minimum Gasteiger partial charge on any atom is -0.507 e. The van der Waals surface area contributed by atoms with E-state index in [1.807, 2.05) is 24.4 Å². The summed E-state index contributed by atoms with van der Waals surface area (Å²) < 4.78 is 0. The second-order valence-electron chi connectivity index (χ2n) is 6.05. The Kier molecular flexibility index (Phi) is 3.26. The average Bonchev–Trinajstić information content (AvgIpc) is 2.75. The van der Waals surface area contributed by atoms with E-state index in [0.29, 0.717) is 6.04 Å². The first kappa shape index (κ1) is 13.8. The zero-order valence-electron chi connectivity index (χ0n) is 12.6. The summed E-state index contributed by atoms with van der Waals surface area (Å²) in [6.07, 6.45) is 6.25. The molecule has 1 unspecified atom stereocenters. The van der Waals surface area contributed by atoms with Crippen LogP contribution in [0, 0.1) is 0 Å². The minimum atomic E-state index is -0.217. The molecule has 2 aliphatic rings. The van der Waals surface area contributed by atoms with Gasteiger partial charge in [0.1, 0.15) is 5.75 Å². The quantitative estimate of drug-likeness (QED) is 0.673. The van der Waals surface area contributed by atoms with Crippen LogP contribution >= 0.6 is 0 Å². The molecule has 0 spiro atoms. The summed E-state index contributed by atoms with van der Waals surface area (Å²) in [5, 5.41) is 13.4. The Morgan fingerprint density at radius 1 is 1.19 bits per heavy atom. The molecular weight excluding hydrogens is 262 g/mol. The lowest BCUT2D eigenvalue weighted by Gasteiger charge is -2.25. The third-order valence-corrected chi connectivity index (χ3v) is 3.89. The summed E-state index contributed by atoms with van der Waals surface area (Å²) in [4.78, 5) is 0. The van der Waals surface area contributed by atoms with E-state index >= 15 is 0 Å². The number of phenols is 1. The molecule has 2 heterocycles. The summed E-state index contributed by atoms with van der Waals surface area (Å²) in [5.74, 6) is 0.281. The second kappa shape index (κ2) is 4.97. The SMILES string of the molecule is CC1C=C(C2=C(c3ccccc3O)NNC2(C)C)C=CN1. The van der Waals surface area contributed by atoms with E-state index in [-0.39, 0.29) is 11.3 Å². The zero-order valence-corrected chi connectivity index (χ0v) is 12.6. The van der Waals surface area contributed by atoms with E-state index in [0.717, 1.165) is 16.8 Å². The van der Waals surface area contributed by atoms with Gasteiger partial charge in [0.25, 0.3) is 0 Å². The highest BCUT2D eigenvalue weighted by Gasteiger charge is 2.35. The molecule has 2 aliphatic heterocycles. The van der Waals surface area contributed by atoms with Crippen LogP contribution in [0.25, 0.3) is 5.70 Å². The second-order valence-corrected chi connectivity index (χ2v) is 6.05. The molecule has 4 heteroatoms. The van der Waals surface area contributed by atoms with E-state index in [1.165, 1.54) is 5.57 Å². The molecule has 1 aromatic rings. The lowest BCUT2D eigenvalue weighted by Crippen LogP contribution is -2.41. The molecule has 0 radical (unpaired) electrons. The minimum absolute atomic E-state index is 0.217. The van der Waals surface area contributed by atoms with Crippen LogP contribution in [-0.2, 0) is 0 Å². The van der Waals surface area contributed by atoms with Gasteiger partial charge in [-0.3, -0.25) is 0 Å². The highest BCUT2D eigenvalue weighted by atomic mass is 16.3. The number of hydrogen-bond donors (Lipinski definition) is 4. The first-order valence-electron chi connectivity index (χ1n) is 7.20. The first-order valence-corrected chi connectivity index (χ1v) is 7.20. The Hall–Kier alpha value is -2.20. The van der Waals surface area contributed by atoms with Crippen molar-refractivity contribution in [2.45, 2.75) is 32.4 Å². The fraction of sp³-hybridized carbons (Fsp3) is 0.294. The maximum absolute atomic E-state index is 10.2. The fourth-order valence-electron chi connectivity index (χ4n) is 2.88. The molecule has 21 heavy (non-hydrogen) atoms. The van der Waals surface area contributed by atoms with Crippen molar-refractivity contribution in [3.05, 3.63) is 59.3 Å². The Morgan fingerprint density at radius 3 is 2.67 bits per heavy atom. The third-order valence-electron chi connectivity index (χ3n) is 3.89. The van der Waals surface area contributed by atoms with Crippen molar-refractivity contribution in [1.29, 1.82) is 0 Å². The molecule has 1 aromatic carbocycles. The maximum atomic E-state index is 10.2. The van der Waals surface area contributed by atoms with Gasteiger partial charge in [-0.05, 0) is 50.8 Å². The van der Waals surface area contributed by atoms with Crippen LogP contribution in [0.4, 0.5) is 0 Å². The number of hydrazine groups is 1. The van der Waals surface area contributed by atoms with Gasteiger partial charge in [-0.15, -0.1) is 0 Å². The third kappa shape index (κ3) is 2.43. The Balaban J connectivity index is 2.17. The molecule has 4 N–H and O–H groups in total. The highest BCUT2D eigenvalue weighted by Crippen LogP contribution is 2.38. The summed E-state index contributed by atoms with van der Waals surface area (Å²) in [7, 11) is 0. The van der Waals surface area contributed by atoms with Crippen LogP contribution in [0.1, 0.15) is 26.3 Å². The molecule has 4 nitrogen and oxygen atoms in total. The van der Waals surface area contributed by atoms with E-state index in [1.54, 1.807) is 6.07 Å².